The lowest BCUT2D eigenvalue weighted by molar-refractivity contribution is -0.135. The van der Waals surface area contributed by atoms with Crippen LogP contribution in [-0.4, -0.2) is 35.3 Å². The van der Waals surface area contributed by atoms with E-state index in [2.05, 4.69) is 12.2 Å². The molecule has 0 bridgehead atoms. The van der Waals surface area contributed by atoms with E-state index in [-0.39, 0.29) is 17.9 Å². The van der Waals surface area contributed by atoms with Gasteiger partial charge in [-0.25, -0.2) is 0 Å². The molecule has 2 fully saturated rings. The molecular formula is C14H24N2O2. The number of nitrogens with zero attached hydrogens (tertiary/aromatic N) is 1. The SMILES string of the molecule is CCCC1NC(=O)CCN(C2CCC(C)C2)C1=O. The molecule has 3 unspecified atom stereocenters. The Hall–Kier alpha value is -1.06. The number of hydrogen-bond donors (Lipinski definition) is 1. The molecule has 1 saturated heterocycles. The zero-order valence-corrected chi connectivity index (χ0v) is 11.4. The van der Waals surface area contributed by atoms with E-state index in [4.69, 9.17) is 0 Å². The summed E-state index contributed by atoms with van der Waals surface area (Å²) in [7, 11) is 0. The first-order valence-electron chi connectivity index (χ1n) is 7.21. The molecule has 2 amide bonds. The summed E-state index contributed by atoms with van der Waals surface area (Å²) in [5.74, 6) is 0.872. The second-order valence-corrected chi connectivity index (χ2v) is 5.76. The molecular weight excluding hydrogens is 228 g/mol. The quantitative estimate of drug-likeness (QED) is 0.831. The van der Waals surface area contributed by atoms with Gasteiger partial charge in [-0.15, -0.1) is 0 Å². The molecule has 1 aliphatic carbocycles. The molecule has 2 aliphatic rings. The van der Waals surface area contributed by atoms with Gasteiger partial charge in [-0.2, -0.15) is 0 Å². The molecule has 18 heavy (non-hydrogen) atoms. The highest BCUT2D eigenvalue weighted by Crippen LogP contribution is 2.30. The smallest absolute Gasteiger partial charge is 0.245 e. The number of carbonyl (C=O) groups excluding carboxylic acids is 2. The molecule has 2 rings (SSSR count). The molecule has 1 saturated carbocycles. The third-order valence-electron chi connectivity index (χ3n) is 4.18. The predicted octanol–water partition coefficient (Wildman–Crippen LogP) is 1.69. The molecule has 0 radical (unpaired) electrons. The van der Waals surface area contributed by atoms with Crippen molar-refractivity contribution in [1.29, 1.82) is 0 Å². The molecule has 0 aromatic carbocycles. The number of hydrogen-bond acceptors (Lipinski definition) is 2. The lowest BCUT2D eigenvalue weighted by Crippen LogP contribution is -2.47. The van der Waals surface area contributed by atoms with E-state index >= 15 is 0 Å². The molecule has 0 aromatic heterocycles. The van der Waals surface area contributed by atoms with Crippen molar-refractivity contribution in [2.75, 3.05) is 6.54 Å². The van der Waals surface area contributed by atoms with Gasteiger partial charge in [0.2, 0.25) is 11.8 Å². The largest absolute Gasteiger partial charge is 0.344 e. The topological polar surface area (TPSA) is 49.4 Å². The van der Waals surface area contributed by atoms with Crippen molar-refractivity contribution >= 4 is 11.8 Å². The van der Waals surface area contributed by atoms with E-state index < -0.39 is 0 Å². The molecule has 0 aromatic rings. The Morgan fingerprint density at radius 1 is 1.33 bits per heavy atom. The van der Waals surface area contributed by atoms with Crippen molar-refractivity contribution in [3.63, 3.8) is 0 Å². The summed E-state index contributed by atoms with van der Waals surface area (Å²) in [5, 5.41) is 2.86. The Morgan fingerprint density at radius 3 is 2.72 bits per heavy atom. The highest BCUT2D eigenvalue weighted by atomic mass is 16.2. The maximum absolute atomic E-state index is 12.5. The molecule has 4 nitrogen and oxygen atoms in total. The minimum Gasteiger partial charge on any atom is -0.344 e. The van der Waals surface area contributed by atoms with Gasteiger partial charge in [0.05, 0.1) is 0 Å². The normalized spacial score (nSPS) is 33.4. The third-order valence-corrected chi connectivity index (χ3v) is 4.18. The Kier molecular flexibility index (Phi) is 4.25. The highest BCUT2D eigenvalue weighted by Gasteiger charge is 2.35. The second kappa shape index (κ2) is 5.72. The summed E-state index contributed by atoms with van der Waals surface area (Å²) in [4.78, 5) is 26.1. The second-order valence-electron chi connectivity index (χ2n) is 5.76. The average molecular weight is 252 g/mol. The zero-order chi connectivity index (χ0) is 13.1. The van der Waals surface area contributed by atoms with Gasteiger partial charge in [0, 0.05) is 19.0 Å². The van der Waals surface area contributed by atoms with Gasteiger partial charge < -0.3 is 10.2 Å². The number of nitrogens with one attached hydrogen (secondary N) is 1. The van der Waals surface area contributed by atoms with E-state index in [1.165, 1.54) is 6.42 Å². The summed E-state index contributed by atoms with van der Waals surface area (Å²) in [6, 6.07) is 0.0699. The van der Waals surface area contributed by atoms with Crippen molar-refractivity contribution in [3.05, 3.63) is 0 Å². The fraction of sp³-hybridized carbons (Fsp3) is 0.857. The van der Waals surface area contributed by atoms with Gasteiger partial charge in [0.25, 0.3) is 0 Å². The summed E-state index contributed by atoms with van der Waals surface area (Å²) in [6.07, 6.45) is 5.53. The van der Waals surface area contributed by atoms with Crippen molar-refractivity contribution < 1.29 is 9.59 Å². The molecule has 102 valence electrons. The third kappa shape index (κ3) is 2.85. The van der Waals surface area contributed by atoms with Crippen LogP contribution < -0.4 is 5.32 Å². The summed E-state index contributed by atoms with van der Waals surface area (Å²) in [6.45, 7) is 4.89. The van der Waals surface area contributed by atoms with Crippen molar-refractivity contribution in [1.82, 2.24) is 10.2 Å². The Labute approximate surface area is 109 Å². The molecule has 1 aliphatic heterocycles. The van der Waals surface area contributed by atoms with Crippen molar-refractivity contribution in [2.24, 2.45) is 5.92 Å². The maximum atomic E-state index is 12.5. The first-order chi connectivity index (χ1) is 8.61. The van der Waals surface area contributed by atoms with E-state index in [1.54, 1.807) is 0 Å². The van der Waals surface area contributed by atoms with E-state index in [0.29, 0.717) is 24.9 Å². The summed E-state index contributed by atoms with van der Waals surface area (Å²) < 4.78 is 0. The highest BCUT2D eigenvalue weighted by molar-refractivity contribution is 5.90. The van der Waals surface area contributed by atoms with Crippen molar-refractivity contribution in [2.45, 2.75) is 64.5 Å². The first-order valence-corrected chi connectivity index (χ1v) is 7.21. The molecule has 1 N–H and O–H groups in total. The van der Waals surface area contributed by atoms with Gasteiger partial charge >= 0.3 is 0 Å². The van der Waals surface area contributed by atoms with Gasteiger partial charge in [0.1, 0.15) is 6.04 Å². The molecule has 1 heterocycles. The first kappa shape index (κ1) is 13.4. The van der Waals surface area contributed by atoms with E-state index in [9.17, 15) is 9.59 Å². The van der Waals surface area contributed by atoms with E-state index in [1.807, 2.05) is 11.8 Å². The van der Waals surface area contributed by atoms with Crippen LogP contribution in [0.25, 0.3) is 0 Å². The van der Waals surface area contributed by atoms with Crippen LogP contribution in [0.3, 0.4) is 0 Å². The zero-order valence-electron chi connectivity index (χ0n) is 11.4. The minimum absolute atomic E-state index is 0.0235. The van der Waals surface area contributed by atoms with Gasteiger partial charge in [0.15, 0.2) is 0 Å². The van der Waals surface area contributed by atoms with Crippen molar-refractivity contribution in [3.8, 4) is 0 Å². The van der Waals surface area contributed by atoms with Gasteiger partial charge in [-0.3, -0.25) is 9.59 Å². The number of amides is 2. The Bertz CT molecular complexity index is 330. The van der Waals surface area contributed by atoms with Crippen LogP contribution in [0.1, 0.15) is 52.4 Å². The van der Waals surface area contributed by atoms with Crippen LogP contribution in [0.5, 0.6) is 0 Å². The van der Waals surface area contributed by atoms with Crippen LogP contribution in [0.2, 0.25) is 0 Å². The van der Waals surface area contributed by atoms with Crippen LogP contribution >= 0.6 is 0 Å². The summed E-state index contributed by atoms with van der Waals surface area (Å²) in [5.41, 5.74) is 0. The average Bonchev–Trinajstić information content (AvgIpc) is 2.69. The van der Waals surface area contributed by atoms with Crippen LogP contribution in [-0.2, 0) is 9.59 Å². The van der Waals surface area contributed by atoms with E-state index in [0.717, 1.165) is 25.7 Å². The number of carbonyl (C=O) groups is 2. The summed E-state index contributed by atoms with van der Waals surface area (Å²) >= 11 is 0. The fourth-order valence-corrected chi connectivity index (χ4v) is 3.17. The lowest BCUT2D eigenvalue weighted by Gasteiger charge is -2.29. The molecule has 4 heteroatoms. The fourth-order valence-electron chi connectivity index (χ4n) is 3.17. The molecule has 0 spiro atoms. The number of rotatable bonds is 3. The molecule has 3 atom stereocenters. The Morgan fingerprint density at radius 2 is 2.11 bits per heavy atom. The predicted molar refractivity (Wildman–Crippen MR) is 70.0 cm³/mol. The maximum Gasteiger partial charge on any atom is 0.245 e. The van der Waals surface area contributed by atoms with Gasteiger partial charge in [-0.1, -0.05) is 20.3 Å². The van der Waals surface area contributed by atoms with Gasteiger partial charge in [-0.05, 0) is 31.6 Å². The van der Waals surface area contributed by atoms with Crippen LogP contribution in [0, 0.1) is 5.92 Å². The van der Waals surface area contributed by atoms with Crippen LogP contribution in [0.15, 0.2) is 0 Å². The lowest BCUT2D eigenvalue weighted by atomic mass is 10.1. The van der Waals surface area contributed by atoms with Crippen LogP contribution in [0.4, 0.5) is 0 Å². The minimum atomic E-state index is -0.291. The monoisotopic (exact) mass is 252 g/mol. The Balaban J connectivity index is 2.08. The standard InChI is InChI=1S/C14H24N2O2/c1-3-4-12-14(18)16(8-7-13(17)15-12)11-6-5-10(2)9-11/h10-12H,3-9H2,1-2H3,(H,15,17).